The minimum atomic E-state index is -1.01. The van der Waals surface area contributed by atoms with Gasteiger partial charge in [-0.2, -0.15) is 0 Å². The first-order valence-corrected chi connectivity index (χ1v) is 3.63. The van der Waals surface area contributed by atoms with E-state index in [1.165, 1.54) is 6.07 Å². The number of carboxylic acids is 1. The van der Waals surface area contributed by atoms with E-state index in [-0.39, 0.29) is 5.56 Å². The third-order valence-corrected chi connectivity index (χ3v) is 1.64. The van der Waals surface area contributed by atoms with Gasteiger partial charge in [-0.25, -0.2) is 4.79 Å². The fraction of sp³-hybridized carbons (Fsp3) is 0.222. The van der Waals surface area contributed by atoms with Crippen molar-refractivity contribution in [2.24, 2.45) is 0 Å². The third-order valence-electron chi connectivity index (χ3n) is 1.64. The number of carboxylic acid groups (broad SMARTS) is 1. The topological polar surface area (TPSA) is 57.5 Å². The van der Waals surface area contributed by atoms with Gasteiger partial charge in [-0.05, 0) is 18.6 Å². The highest BCUT2D eigenvalue weighted by atomic mass is 16.4. The molecule has 1 atom stereocenters. The van der Waals surface area contributed by atoms with Crippen molar-refractivity contribution in [1.29, 1.82) is 0 Å². The van der Waals surface area contributed by atoms with Gasteiger partial charge in [0.05, 0.1) is 11.7 Å². The van der Waals surface area contributed by atoms with Crippen LogP contribution in [0.3, 0.4) is 0 Å². The van der Waals surface area contributed by atoms with Crippen molar-refractivity contribution in [2.75, 3.05) is 0 Å². The molecule has 3 nitrogen and oxygen atoms in total. The second-order valence-corrected chi connectivity index (χ2v) is 2.57. The fourth-order valence-electron chi connectivity index (χ4n) is 1.06. The highest BCUT2D eigenvalue weighted by Gasteiger charge is 2.11. The fourth-order valence-corrected chi connectivity index (χ4v) is 1.06. The quantitative estimate of drug-likeness (QED) is 0.698. The zero-order chi connectivity index (χ0) is 9.14. The molecule has 0 fully saturated rings. The molecule has 0 aliphatic heterocycles. The van der Waals surface area contributed by atoms with E-state index in [1.807, 2.05) is 0 Å². The number of benzene rings is 1. The molecule has 0 saturated carbocycles. The van der Waals surface area contributed by atoms with Crippen LogP contribution in [0.4, 0.5) is 0 Å². The largest absolute Gasteiger partial charge is 0.478 e. The van der Waals surface area contributed by atoms with Crippen molar-refractivity contribution in [3.8, 4) is 0 Å². The SMILES string of the molecule is CC(O)c1ccccc1C(=O)O. The van der Waals surface area contributed by atoms with Gasteiger partial charge in [-0.3, -0.25) is 0 Å². The summed E-state index contributed by atoms with van der Waals surface area (Å²) < 4.78 is 0. The van der Waals surface area contributed by atoms with Gasteiger partial charge in [0.2, 0.25) is 0 Å². The molecule has 2 N–H and O–H groups in total. The summed E-state index contributed by atoms with van der Waals surface area (Å²) in [7, 11) is 0. The molecule has 0 amide bonds. The Morgan fingerprint density at radius 2 is 2.00 bits per heavy atom. The molecule has 0 aliphatic rings. The lowest BCUT2D eigenvalue weighted by Gasteiger charge is -2.07. The van der Waals surface area contributed by atoms with E-state index < -0.39 is 12.1 Å². The summed E-state index contributed by atoms with van der Waals surface area (Å²) in [5.41, 5.74) is 0.609. The van der Waals surface area contributed by atoms with Gasteiger partial charge in [0.15, 0.2) is 0 Å². The molecular formula is C9H10O3. The van der Waals surface area contributed by atoms with E-state index in [0.717, 1.165) is 0 Å². The van der Waals surface area contributed by atoms with Gasteiger partial charge >= 0.3 is 5.97 Å². The minimum Gasteiger partial charge on any atom is -0.478 e. The number of carbonyl (C=O) groups is 1. The van der Waals surface area contributed by atoms with Gasteiger partial charge in [-0.1, -0.05) is 18.2 Å². The van der Waals surface area contributed by atoms with E-state index >= 15 is 0 Å². The Morgan fingerprint density at radius 3 is 2.42 bits per heavy atom. The average molecular weight is 166 g/mol. The molecule has 3 heteroatoms. The monoisotopic (exact) mass is 166 g/mol. The Kier molecular flexibility index (Phi) is 2.45. The summed E-state index contributed by atoms with van der Waals surface area (Å²) in [5.74, 6) is -1.01. The van der Waals surface area contributed by atoms with Crippen molar-refractivity contribution in [2.45, 2.75) is 13.0 Å². The summed E-state index contributed by atoms with van der Waals surface area (Å²) >= 11 is 0. The first kappa shape index (κ1) is 8.74. The molecule has 0 heterocycles. The summed E-state index contributed by atoms with van der Waals surface area (Å²) in [5, 5.41) is 17.9. The van der Waals surface area contributed by atoms with Crippen LogP contribution in [0.2, 0.25) is 0 Å². The van der Waals surface area contributed by atoms with Gasteiger partial charge in [0, 0.05) is 0 Å². The van der Waals surface area contributed by atoms with Gasteiger partial charge in [0.1, 0.15) is 0 Å². The standard InChI is InChI=1S/C9H10O3/c1-6(10)7-4-2-3-5-8(7)9(11)12/h2-6,10H,1H3,(H,11,12). The summed E-state index contributed by atoms with van der Waals surface area (Å²) in [6, 6.07) is 6.42. The summed E-state index contributed by atoms with van der Waals surface area (Å²) in [4.78, 5) is 10.6. The molecule has 12 heavy (non-hydrogen) atoms. The minimum absolute atomic E-state index is 0.160. The van der Waals surface area contributed by atoms with Crippen LogP contribution in [0.15, 0.2) is 24.3 Å². The number of aliphatic hydroxyl groups is 1. The van der Waals surface area contributed by atoms with Crippen LogP contribution < -0.4 is 0 Å². The van der Waals surface area contributed by atoms with Crippen LogP contribution in [0.5, 0.6) is 0 Å². The molecule has 0 aliphatic carbocycles. The molecule has 0 saturated heterocycles. The third kappa shape index (κ3) is 1.62. The normalized spacial score (nSPS) is 12.5. The lowest BCUT2D eigenvalue weighted by atomic mass is 10.0. The average Bonchev–Trinajstić information content (AvgIpc) is 2.04. The second kappa shape index (κ2) is 3.36. The second-order valence-electron chi connectivity index (χ2n) is 2.57. The Labute approximate surface area is 70.3 Å². The molecule has 1 aromatic rings. The molecule has 0 radical (unpaired) electrons. The predicted octanol–water partition coefficient (Wildman–Crippen LogP) is 1.44. The van der Waals surface area contributed by atoms with Gasteiger partial charge < -0.3 is 10.2 Å². The molecular weight excluding hydrogens is 156 g/mol. The Morgan fingerprint density at radius 1 is 1.42 bits per heavy atom. The first-order valence-electron chi connectivity index (χ1n) is 3.63. The maximum absolute atomic E-state index is 10.6. The van der Waals surface area contributed by atoms with Crippen LogP contribution in [0.25, 0.3) is 0 Å². The van der Waals surface area contributed by atoms with Crippen LogP contribution in [0, 0.1) is 0 Å². The molecule has 1 unspecified atom stereocenters. The van der Waals surface area contributed by atoms with Crippen molar-refractivity contribution in [3.05, 3.63) is 35.4 Å². The molecule has 1 rings (SSSR count). The van der Waals surface area contributed by atoms with E-state index in [9.17, 15) is 9.90 Å². The van der Waals surface area contributed by atoms with E-state index in [2.05, 4.69) is 0 Å². The molecule has 0 aromatic heterocycles. The zero-order valence-electron chi connectivity index (χ0n) is 6.69. The predicted molar refractivity (Wildman–Crippen MR) is 44.0 cm³/mol. The van der Waals surface area contributed by atoms with Gasteiger partial charge in [0.25, 0.3) is 0 Å². The number of aromatic carboxylic acids is 1. The number of hydrogen-bond donors (Lipinski definition) is 2. The number of hydrogen-bond acceptors (Lipinski definition) is 2. The van der Waals surface area contributed by atoms with Crippen LogP contribution >= 0.6 is 0 Å². The first-order chi connectivity index (χ1) is 5.63. The lowest BCUT2D eigenvalue weighted by molar-refractivity contribution is 0.0690. The summed E-state index contributed by atoms with van der Waals surface area (Å²) in [6.07, 6.45) is -0.739. The van der Waals surface area contributed by atoms with E-state index in [0.29, 0.717) is 5.56 Å². The lowest BCUT2D eigenvalue weighted by Crippen LogP contribution is -2.04. The van der Waals surface area contributed by atoms with Crippen LogP contribution in [-0.4, -0.2) is 16.2 Å². The molecule has 0 bridgehead atoms. The van der Waals surface area contributed by atoms with Crippen molar-refractivity contribution < 1.29 is 15.0 Å². The Hall–Kier alpha value is -1.35. The Bertz CT molecular complexity index is 292. The molecule has 64 valence electrons. The summed E-state index contributed by atoms with van der Waals surface area (Å²) in [6.45, 7) is 1.54. The molecule has 1 aromatic carbocycles. The Balaban J connectivity index is 3.17. The van der Waals surface area contributed by atoms with Crippen LogP contribution in [0.1, 0.15) is 28.9 Å². The molecule has 0 spiro atoms. The van der Waals surface area contributed by atoms with Crippen LogP contribution in [-0.2, 0) is 0 Å². The van der Waals surface area contributed by atoms with Gasteiger partial charge in [-0.15, -0.1) is 0 Å². The van der Waals surface area contributed by atoms with Crippen molar-refractivity contribution in [1.82, 2.24) is 0 Å². The maximum Gasteiger partial charge on any atom is 0.336 e. The van der Waals surface area contributed by atoms with E-state index in [4.69, 9.17) is 5.11 Å². The maximum atomic E-state index is 10.6. The van der Waals surface area contributed by atoms with Crippen molar-refractivity contribution in [3.63, 3.8) is 0 Å². The highest BCUT2D eigenvalue weighted by Crippen LogP contribution is 2.16. The van der Waals surface area contributed by atoms with E-state index in [1.54, 1.807) is 25.1 Å². The van der Waals surface area contributed by atoms with Crippen molar-refractivity contribution >= 4 is 5.97 Å². The highest BCUT2D eigenvalue weighted by molar-refractivity contribution is 5.89. The number of aliphatic hydroxyl groups excluding tert-OH is 1. The smallest absolute Gasteiger partial charge is 0.336 e. The zero-order valence-corrected chi connectivity index (χ0v) is 6.69. The number of rotatable bonds is 2.